The molecule has 0 saturated heterocycles. The fourth-order valence-electron chi connectivity index (χ4n) is 5.16. The number of carboxylic acid groups (broad SMARTS) is 5. The van der Waals surface area contributed by atoms with Crippen LogP contribution in [0.4, 0.5) is 0 Å². The van der Waals surface area contributed by atoms with E-state index in [1.165, 1.54) is 23.1 Å². The second kappa shape index (κ2) is 13.2. The molecular weight excluding hydrogens is 580 g/mol. The molecule has 2 aromatic carbocycles. The molecular formula is C30H28N2O12. The Morgan fingerprint density at radius 2 is 1.32 bits per heavy atom. The summed E-state index contributed by atoms with van der Waals surface area (Å²) in [5.41, 5.74) is 2.12. The first kappa shape index (κ1) is 31.5. The number of allylic oxidation sites excluding steroid dienone is 2. The summed E-state index contributed by atoms with van der Waals surface area (Å²) in [5.74, 6) is -6.02. The first-order valence-electron chi connectivity index (χ1n) is 13.1. The van der Waals surface area contributed by atoms with Gasteiger partial charge in [0, 0.05) is 41.4 Å². The zero-order valence-electron chi connectivity index (χ0n) is 23.1. The molecule has 1 aliphatic heterocycles. The monoisotopic (exact) mass is 608 g/mol. The molecule has 0 unspecified atom stereocenters. The van der Waals surface area contributed by atoms with Crippen molar-refractivity contribution in [3.8, 4) is 11.5 Å². The number of hydrogen-bond donors (Lipinski definition) is 6. The van der Waals surface area contributed by atoms with Gasteiger partial charge in [-0.15, -0.1) is 0 Å². The van der Waals surface area contributed by atoms with E-state index in [0.29, 0.717) is 28.0 Å². The number of ether oxygens (including phenoxy) is 1. The Labute approximate surface area is 249 Å². The first-order valence-corrected chi connectivity index (χ1v) is 13.1. The van der Waals surface area contributed by atoms with Crippen LogP contribution in [0, 0.1) is 0 Å². The van der Waals surface area contributed by atoms with Crippen LogP contribution < -0.4 is 4.74 Å². The maximum atomic E-state index is 12.3. The molecule has 0 atom stereocenters. The van der Waals surface area contributed by atoms with Crippen LogP contribution in [0.25, 0.3) is 5.57 Å². The van der Waals surface area contributed by atoms with Gasteiger partial charge in [-0.1, -0.05) is 23.8 Å². The van der Waals surface area contributed by atoms with E-state index >= 15 is 0 Å². The molecule has 0 aromatic heterocycles. The van der Waals surface area contributed by atoms with Crippen molar-refractivity contribution >= 4 is 35.4 Å². The van der Waals surface area contributed by atoms with Gasteiger partial charge in [0.2, 0.25) is 0 Å². The van der Waals surface area contributed by atoms with E-state index in [1.54, 1.807) is 30.4 Å². The van der Waals surface area contributed by atoms with E-state index in [2.05, 4.69) is 0 Å². The minimum atomic E-state index is -1.28. The molecule has 2 aromatic rings. The number of rotatable bonds is 14. The van der Waals surface area contributed by atoms with Gasteiger partial charge in [0.1, 0.15) is 17.3 Å². The van der Waals surface area contributed by atoms with E-state index in [1.807, 2.05) is 0 Å². The summed E-state index contributed by atoms with van der Waals surface area (Å²) < 4.78 is 6.09. The van der Waals surface area contributed by atoms with Gasteiger partial charge in [0.15, 0.2) is 0 Å². The summed E-state index contributed by atoms with van der Waals surface area (Å²) in [6.07, 6.45) is 3.63. The highest BCUT2D eigenvalue weighted by molar-refractivity contribution is 6.00. The average molecular weight is 609 g/mol. The van der Waals surface area contributed by atoms with Gasteiger partial charge in [-0.25, -0.2) is 4.79 Å². The fourth-order valence-corrected chi connectivity index (χ4v) is 5.16. The van der Waals surface area contributed by atoms with Crippen molar-refractivity contribution in [2.75, 3.05) is 32.7 Å². The van der Waals surface area contributed by atoms with E-state index in [-0.39, 0.29) is 47.7 Å². The zero-order chi connectivity index (χ0) is 32.1. The number of fused-ring (bicyclic) bond motifs is 2. The number of phenols is 1. The summed E-state index contributed by atoms with van der Waals surface area (Å²) >= 11 is 0. The van der Waals surface area contributed by atoms with Gasteiger partial charge >= 0.3 is 29.8 Å². The molecule has 14 nitrogen and oxygen atoms in total. The minimum absolute atomic E-state index is 0.0211. The molecule has 0 saturated carbocycles. The number of hydrogen-bond acceptors (Lipinski definition) is 9. The largest absolute Gasteiger partial charge is 0.507 e. The standard InChI is InChI=1S/C30H28N2O12/c33-22-9-24-21(8-17(22)11-32(14-27(38)39)15-28(40)41)29(18-3-1-2-4-19(18)30(42)43)20-7-16(5-6-23(20)44-24)10-31(12-25(34)35)13-26(36)37/h1-4,6-9,33H,5,10-15H2,(H,34,35)(H,36,37)(H,38,39)(H,40,41)(H,42,43). The third-order valence-electron chi connectivity index (χ3n) is 6.79. The van der Waals surface area contributed by atoms with Crippen molar-refractivity contribution in [1.82, 2.24) is 9.80 Å². The van der Waals surface area contributed by atoms with E-state index in [0.717, 1.165) is 4.90 Å². The van der Waals surface area contributed by atoms with Gasteiger partial charge in [0.05, 0.1) is 31.7 Å². The zero-order valence-corrected chi connectivity index (χ0v) is 23.1. The van der Waals surface area contributed by atoms with Crippen molar-refractivity contribution in [1.29, 1.82) is 0 Å². The van der Waals surface area contributed by atoms with Crippen LogP contribution in [0.3, 0.4) is 0 Å². The molecule has 0 amide bonds. The summed E-state index contributed by atoms with van der Waals surface area (Å²) in [7, 11) is 0. The molecule has 6 N–H and O–H groups in total. The second-order valence-electron chi connectivity index (χ2n) is 10.2. The highest BCUT2D eigenvalue weighted by Crippen LogP contribution is 2.46. The minimum Gasteiger partial charge on any atom is -0.507 e. The molecule has 0 radical (unpaired) electrons. The summed E-state index contributed by atoms with van der Waals surface area (Å²) in [4.78, 5) is 60.0. The SMILES string of the molecule is O=C(O)CN(CC(=O)O)CC1=CC2=C(c3ccccc3C(=O)O)c3cc(CN(CC(=O)O)CC(=O)O)c(O)cc3OC2=CC1. The van der Waals surface area contributed by atoms with E-state index in [4.69, 9.17) is 4.74 Å². The highest BCUT2D eigenvalue weighted by Gasteiger charge is 2.31. The molecule has 1 aliphatic carbocycles. The highest BCUT2D eigenvalue weighted by atomic mass is 16.5. The quantitative estimate of drug-likeness (QED) is 0.180. The molecule has 44 heavy (non-hydrogen) atoms. The Bertz CT molecular complexity index is 1610. The van der Waals surface area contributed by atoms with Crippen LogP contribution in [0.2, 0.25) is 0 Å². The third kappa shape index (κ3) is 7.48. The Morgan fingerprint density at radius 3 is 1.89 bits per heavy atom. The van der Waals surface area contributed by atoms with Gasteiger partial charge in [-0.3, -0.25) is 29.0 Å². The number of carbonyl (C=O) groups is 5. The molecule has 230 valence electrons. The lowest BCUT2D eigenvalue weighted by Crippen LogP contribution is -2.36. The van der Waals surface area contributed by atoms with Crippen LogP contribution in [-0.2, 0) is 25.7 Å². The van der Waals surface area contributed by atoms with E-state index in [9.17, 15) is 54.6 Å². The van der Waals surface area contributed by atoms with Crippen molar-refractivity contribution in [2.24, 2.45) is 0 Å². The molecule has 2 aliphatic rings. The molecule has 4 rings (SSSR count). The van der Waals surface area contributed by atoms with Crippen LogP contribution in [0.5, 0.6) is 11.5 Å². The normalized spacial score (nSPS) is 13.9. The van der Waals surface area contributed by atoms with Crippen molar-refractivity contribution < 1.29 is 59.3 Å². The molecule has 14 heteroatoms. The van der Waals surface area contributed by atoms with Crippen LogP contribution in [0.15, 0.2) is 65.5 Å². The molecule has 0 bridgehead atoms. The maximum Gasteiger partial charge on any atom is 0.336 e. The Hall–Kier alpha value is -5.47. The van der Waals surface area contributed by atoms with Gasteiger partial charge in [-0.05, 0) is 36.3 Å². The lowest BCUT2D eigenvalue weighted by atomic mass is 9.83. The molecule has 0 fully saturated rings. The van der Waals surface area contributed by atoms with Gasteiger partial charge in [-0.2, -0.15) is 0 Å². The first-order chi connectivity index (χ1) is 20.8. The summed E-state index contributed by atoms with van der Waals surface area (Å²) in [6, 6.07) is 8.92. The number of carboxylic acids is 5. The summed E-state index contributed by atoms with van der Waals surface area (Å²) in [5, 5.41) is 57.9. The number of benzene rings is 2. The average Bonchev–Trinajstić information content (AvgIpc) is 2.91. The number of nitrogens with zero attached hydrogens (tertiary/aromatic N) is 2. The lowest BCUT2D eigenvalue weighted by molar-refractivity contribution is -0.143. The van der Waals surface area contributed by atoms with Crippen LogP contribution >= 0.6 is 0 Å². The lowest BCUT2D eigenvalue weighted by Gasteiger charge is -2.30. The predicted octanol–water partition coefficient (Wildman–Crippen LogP) is 1.94. The smallest absolute Gasteiger partial charge is 0.336 e. The topological polar surface area (TPSA) is 222 Å². The van der Waals surface area contributed by atoms with Gasteiger partial charge in [0.25, 0.3) is 0 Å². The van der Waals surface area contributed by atoms with Gasteiger partial charge < -0.3 is 35.4 Å². The van der Waals surface area contributed by atoms with Crippen molar-refractivity contribution in [3.05, 3.63) is 87.7 Å². The van der Waals surface area contributed by atoms with Crippen molar-refractivity contribution in [2.45, 2.75) is 13.0 Å². The fraction of sp³-hybridized carbons (Fsp3) is 0.233. The Morgan fingerprint density at radius 1 is 0.750 bits per heavy atom. The second-order valence-corrected chi connectivity index (χ2v) is 10.2. The number of aromatic carboxylic acids is 1. The predicted molar refractivity (Wildman–Crippen MR) is 151 cm³/mol. The Kier molecular flexibility index (Phi) is 9.46. The van der Waals surface area contributed by atoms with Crippen LogP contribution in [-0.4, -0.2) is 103 Å². The number of aromatic hydroxyl groups is 1. The van der Waals surface area contributed by atoms with Crippen LogP contribution in [0.1, 0.15) is 33.5 Å². The van der Waals surface area contributed by atoms with Crippen molar-refractivity contribution in [3.63, 3.8) is 0 Å². The third-order valence-corrected chi connectivity index (χ3v) is 6.79. The molecule has 0 spiro atoms. The van der Waals surface area contributed by atoms with E-state index < -0.39 is 56.0 Å². The number of aliphatic carboxylic acids is 4. The number of phenolic OH excluding ortho intramolecular Hbond substituents is 1. The molecule has 1 heterocycles. The summed E-state index contributed by atoms with van der Waals surface area (Å²) in [6.45, 7) is -2.61. The Balaban J connectivity index is 1.89. The maximum absolute atomic E-state index is 12.3.